The molecule has 6 nitrogen and oxygen atoms in total. The minimum atomic E-state index is -1.18. The van der Waals surface area contributed by atoms with Gasteiger partial charge in [-0.2, -0.15) is 0 Å². The van der Waals surface area contributed by atoms with Crippen molar-refractivity contribution in [1.82, 2.24) is 4.98 Å². The molecule has 0 saturated carbocycles. The lowest BCUT2D eigenvalue weighted by atomic mass is 10.1. The monoisotopic (exact) mass is 388 g/mol. The Labute approximate surface area is 152 Å². The van der Waals surface area contributed by atoms with Crippen molar-refractivity contribution in [3.05, 3.63) is 39.3 Å². The highest BCUT2D eigenvalue weighted by Crippen LogP contribution is 2.29. The quantitative estimate of drug-likeness (QED) is 0.783. The van der Waals surface area contributed by atoms with Crippen LogP contribution in [0.2, 0.25) is 9.36 Å². The number of nitrogens with zero attached hydrogens (tertiary/aromatic N) is 1. The van der Waals surface area contributed by atoms with Crippen molar-refractivity contribution in [1.29, 1.82) is 0 Å². The van der Waals surface area contributed by atoms with Crippen LogP contribution in [0.15, 0.2) is 24.3 Å². The summed E-state index contributed by atoms with van der Waals surface area (Å²) in [6.45, 7) is 3.20. The predicted octanol–water partition coefficient (Wildman–Crippen LogP) is 3.87. The molecule has 0 fully saturated rings. The summed E-state index contributed by atoms with van der Waals surface area (Å²) in [5.41, 5.74) is -0.972. The molecule has 0 saturated heterocycles. The van der Waals surface area contributed by atoms with Crippen molar-refractivity contribution in [3.8, 4) is 5.75 Å². The third kappa shape index (κ3) is 4.83. The Morgan fingerprint density at radius 1 is 1.29 bits per heavy atom. The van der Waals surface area contributed by atoms with E-state index in [0.29, 0.717) is 10.8 Å². The van der Waals surface area contributed by atoms with Gasteiger partial charge in [0.2, 0.25) is 0 Å². The van der Waals surface area contributed by atoms with Crippen molar-refractivity contribution < 1.29 is 19.4 Å². The fourth-order valence-corrected chi connectivity index (χ4v) is 2.89. The van der Waals surface area contributed by atoms with E-state index in [4.69, 9.17) is 33.0 Å². The summed E-state index contributed by atoms with van der Waals surface area (Å²) >= 11 is 12.7. The number of nitrogens with one attached hydrogen (secondary N) is 1. The molecule has 2 N–H and O–H groups in total. The number of hydrogen-bond acceptors (Lipinski definition) is 5. The van der Waals surface area contributed by atoms with Crippen LogP contribution in [0.5, 0.6) is 5.75 Å². The number of halogens is 2. The number of anilines is 1. The maximum atomic E-state index is 12.4. The van der Waals surface area contributed by atoms with Gasteiger partial charge in [-0.3, -0.25) is 14.9 Å². The molecule has 1 amide bonds. The topological polar surface area (TPSA) is 88.5 Å². The molecule has 1 aromatic carbocycles. The first kappa shape index (κ1) is 18.5. The first-order valence-electron chi connectivity index (χ1n) is 6.80. The van der Waals surface area contributed by atoms with Crippen LogP contribution in [0.1, 0.15) is 19.5 Å². The van der Waals surface area contributed by atoms with Gasteiger partial charge < -0.3 is 9.84 Å². The summed E-state index contributed by atoms with van der Waals surface area (Å²) in [4.78, 5) is 27.1. The van der Waals surface area contributed by atoms with E-state index < -0.39 is 17.5 Å². The molecule has 0 aliphatic heterocycles. The fourth-order valence-electron chi connectivity index (χ4n) is 1.73. The van der Waals surface area contributed by atoms with Gasteiger partial charge in [-0.25, -0.2) is 4.98 Å². The summed E-state index contributed by atoms with van der Waals surface area (Å²) in [5.74, 6) is -1.00. The average Bonchev–Trinajstić information content (AvgIpc) is 2.80. The van der Waals surface area contributed by atoms with Gasteiger partial charge >= 0.3 is 5.97 Å². The molecule has 0 radical (unpaired) electrons. The molecule has 24 heavy (non-hydrogen) atoms. The number of rotatable bonds is 6. The Bertz CT molecular complexity index is 759. The molecule has 1 heterocycles. The second kappa shape index (κ2) is 7.38. The second-order valence-corrected chi connectivity index (χ2v) is 7.37. The Morgan fingerprint density at radius 2 is 1.92 bits per heavy atom. The van der Waals surface area contributed by atoms with Crippen LogP contribution in [0, 0.1) is 0 Å². The molecule has 0 spiro atoms. The van der Waals surface area contributed by atoms with E-state index in [1.54, 1.807) is 38.1 Å². The zero-order valence-electron chi connectivity index (χ0n) is 12.8. The zero-order chi connectivity index (χ0) is 17.9. The van der Waals surface area contributed by atoms with E-state index in [1.165, 1.54) is 0 Å². The van der Waals surface area contributed by atoms with Gasteiger partial charge in [0, 0.05) is 5.02 Å². The SMILES string of the molecule is CC(C)(Oc1ccc(Cl)cc1)C(=O)Nc1nc(CC(=O)O)c(Cl)s1. The van der Waals surface area contributed by atoms with Crippen LogP contribution in [-0.4, -0.2) is 27.6 Å². The molecule has 128 valence electrons. The van der Waals surface area contributed by atoms with Gasteiger partial charge in [-0.15, -0.1) is 0 Å². The Morgan fingerprint density at radius 3 is 2.50 bits per heavy atom. The lowest BCUT2D eigenvalue weighted by Crippen LogP contribution is -2.42. The maximum Gasteiger partial charge on any atom is 0.309 e. The molecule has 2 rings (SSSR count). The van der Waals surface area contributed by atoms with Gasteiger partial charge in [0.05, 0.1) is 12.1 Å². The first-order valence-corrected chi connectivity index (χ1v) is 8.37. The van der Waals surface area contributed by atoms with Gasteiger partial charge in [0.15, 0.2) is 10.7 Å². The number of carbonyl (C=O) groups excluding carboxylic acids is 1. The number of aliphatic carboxylic acids is 1. The number of benzene rings is 1. The van der Waals surface area contributed by atoms with E-state index in [9.17, 15) is 9.59 Å². The van der Waals surface area contributed by atoms with Crippen LogP contribution in [-0.2, 0) is 16.0 Å². The number of carbonyl (C=O) groups is 2. The number of ether oxygens (including phenoxy) is 1. The van der Waals surface area contributed by atoms with Crippen LogP contribution < -0.4 is 10.1 Å². The lowest BCUT2D eigenvalue weighted by Gasteiger charge is -2.24. The van der Waals surface area contributed by atoms with E-state index in [-0.39, 0.29) is 21.6 Å². The van der Waals surface area contributed by atoms with Gasteiger partial charge in [0.1, 0.15) is 10.1 Å². The average molecular weight is 389 g/mol. The molecule has 0 atom stereocenters. The summed E-state index contributed by atoms with van der Waals surface area (Å²) in [6.07, 6.45) is -0.310. The standard InChI is InChI=1S/C15H14Cl2N2O4S/c1-15(2,23-9-5-3-8(16)4-6-9)13(22)19-14-18-10(7-11(20)21)12(17)24-14/h3-6H,7H2,1-2H3,(H,20,21)(H,18,19,22). The summed E-state index contributed by atoms with van der Waals surface area (Å²) in [5, 5.41) is 12.2. The summed E-state index contributed by atoms with van der Waals surface area (Å²) < 4.78 is 5.90. The van der Waals surface area contributed by atoms with E-state index >= 15 is 0 Å². The Hall–Kier alpha value is -1.83. The van der Waals surface area contributed by atoms with Crippen molar-refractivity contribution in [3.63, 3.8) is 0 Å². The molecule has 1 aromatic heterocycles. The highest BCUT2D eigenvalue weighted by atomic mass is 35.5. The third-order valence-electron chi connectivity index (χ3n) is 2.92. The number of hydrogen-bond donors (Lipinski definition) is 2. The molecule has 0 bridgehead atoms. The summed E-state index contributed by atoms with van der Waals surface area (Å²) in [6, 6.07) is 6.62. The van der Waals surface area contributed by atoms with Crippen LogP contribution in [0.3, 0.4) is 0 Å². The molecule has 2 aromatic rings. The van der Waals surface area contributed by atoms with E-state index in [2.05, 4.69) is 10.3 Å². The second-order valence-electron chi connectivity index (χ2n) is 5.33. The fraction of sp³-hybridized carbons (Fsp3) is 0.267. The van der Waals surface area contributed by atoms with Crippen molar-refractivity contribution in [2.24, 2.45) is 0 Å². The molecular formula is C15H14Cl2N2O4S. The van der Waals surface area contributed by atoms with Gasteiger partial charge in [0.25, 0.3) is 5.91 Å². The molecule has 0 aliphatic rings. The van der Waals surface area contributed by atoms with E-state index in [1.807, 2.05) is 0 Å². The predicted molar refractivity (Wildman–Crippen MR) is 93.3 cm³/mol. The first-order chi connectivity index (χ1) is 11.2. The molecule has 0 aliphatic carbocycles. The van der Waals surface area contributed by atoms with Crippen LogP contribution in [0.4, 0.5) is 5.13 Å². The third-order valence-corrected chi connectivity index (χ3v) is 4.43. The highest BCUT2D eigenvalue weighted by molar-refractivity contribution is 7.19. The lowest BCUT2D eigenvalue weighted by molar-refractivity contribution is -0.136. The molecule has 9 heteroatoms. The minimum absolute atomic E-state index is 0.209. The summed E-state index contributed by atoms with van der Waals surface area (Å²) in [7, 11) is 0. The minimum Gasteiger partial charge on any atom is -0.481 e. The van der Waals surface area contributed by atoms with Gasteiger partial charge in [-0.1, -0.05) is 34.5 Å². The van der Waals surface area contributed by atoms with Crippen LogP contribution in [0.25, 0.3) is 0 Å². The molecule has 0 unspecified atom stereocenters. The van der Waals surface area contributed by atoms with Crippen molar-refractivity contribution in [2.75, 3.05) is 5.32 Å². The number of aromatic nitrogens is 1. The van der Waals surface area contributed by atoms with Crippen molar-refractivity contribution in [2.45, 2.75) is 25.9 Å². The van der Waals surface area contributed by atoms with Crippen LogP contribution >= 0.6 is 34.5 Å². The normalized spacial score (nSPS) is 11.2. The largest absolute Gasteiger partial charge is 0.481 e. The number of carboxylic acid groups (broad SMARTS) is 1. The Balaban J connectivity index is 2.07. The highest BCUT2D eigenvalue weighted by Gasteiger charge is 2.31. The zero-order valence-corrected chi connectivity index (χ0v) is 15.1. The Kier molecular flexibility index (Phi) is 5.69. The van der Waals surface area contributed by atoms with Crippen molar-refractivity contribution >= 4 is 51.5 Å². The maximum absolute atomic E-state index is 12.4. The smallest absolute Gasteiger partial charge is 0.309 e. The van der Waals surface area contributed by atoms with E-state index in [0.717, 1.165) is 11.3 Å². The number of thiazole rings is 1. The number of amides is 1. The number of carboxylic acids is 1. The molecular weight excluding hydrogens is 375 g/mol. The van der Waals surface area contributed by atoms with Gasteiger partial charge in [-0.05, 0) is 38.1 Å².